The summed E-state index contributed by atoms with van der Waals surface area (Å²) < 4.78 is 0. The van der Waals surface area contributed by atoms with Crippen molar-refractivity contribution in [3.05, 3.63) is 48.6 Å². The Balaban J connectivity index is 2.53. The molecular formula is C11H16N+. The number of benzene rings is 1. The van der Waals surface area contributed by atoms with Crippen LogP contribution in [0.3, 0.4) is 0 Å². The highest BCUT2D eigenvalue weighted by Gasteiger charge is 2.04. The third-order valence-corrected chi connectivity index (χ3v) is 1.98. The van der Waals surface area contributed by atoms with Gasteiger partial charge >= 0.3 is 0 Å². The summed E-state index contributed by atoms with van der Waals surface area (Å²) in [5, 5.41) is 2.27. The van der Waals surface area contributed by atoms with Crippen LogP contribution in [-0.4, -0.2) is 6.54 Å². The van der Waals surface area contributed by atoms with E-state index in [2.05, 4.69) is 43.1 Å². The largest absolute Gasteiger partial charge is 0.337 e. The van der Waals surface area contributed by atoms with E-state index in [1.165, 1.54) is 5.56 Å². The zero-order valence-electron chi connectivity index (χ0n) is 7.53. The zero-order chi connectivity index (χ0) is 8.81. The van der Waals surface area contributed by atoms with E-state index in [0.29, 0.717) is 6.04 Å². The van der Waals surface area contributed by atoms with Crippen molar-refractivity contribution >= 4 is 0 Å². The molecule has 1 aromatic rings. The third-order valence-electron chi connectivity index (χ3n) is 1.98. The van der Waals surface area contributed by atoms with Crippen molar-refractivity contribution in [3.63, 3.8) is 0 Å². The zero-order valence-corrected chi connectivity index (χ0v) is 7.53. The molecule has 64 valence electrons. The van der Waals surface area contributed by atoms with Crippen molar-refractivity contribution in [2.75, 3.05) is 6.54 Å². The van der Waals surface area contributed by atoms with Gasteiger partial charge in [0.25, 0.3) is 0 Å². The second kappa shape index (κ2) is 4.73. The molecule has 1 nitrogen and oxygen atoms in total. The van der Waals surface area contributed by atoms with E-state index in [4.69, 9.17) is 0 Å². The van der Waals surface area contributed by atoms with Crippen LogP contribution in [0, 0.1) is 0 Å². The van der Waals surface area contributed by atoms with E-state index in [9.17, 15) is 0 Å². The van der Waals surface area contributed by atoms with Gasteiger partial charge in [-0.05, 0) is 13.0 Å². The van der Waals surface area contributed by atoms with Gasteiger partial charge in [0.05, 0.1) is 6.54 Å². The summed E-state index contributed by atoms with van der Waals surface area (Å²) in [6, 6.07) is 11.0. The van der Waals surface area contributed by atoms with Gasteiger partial charge in [0, 0.05) is 5.56 Å². The maximum absolute atomic E-state index is 3.70. The molecule has 0 saturated carbocycles. The maximum Gasteiger partial charge on any atom is 0.109 e. The predicted octanol–water partition coefficient (Wildman–Crippen LogP) is 1.50. The molecule has 1 aromatic carbocycles. The quantitative estimate of drug-likeness (QED) is 0.646. The van der Waals surface area contributed by atoms with Crippen molar-refractivity contribution in [2.24, 2.45) is 0 Å². The van der Waals surface area contributed by atoms with Crippen molar-refractivity contribution in [2.45, 2.75) is 13.0 Å². The summed E-state index contributed by atoms with van der Waals surface area (Å²) >= 11 is 0. The number of nitrogens with two attached hydrogens (primary N) is 1. The minimum atomic E-state index is 0.532. The number of hydrogen-bond donors (Lipinski definition) is 1. The Morgan fingerprint density at radius 3 is 2.67 bits per heavy atom. The first-order valence-corrected chi connectivity index (χ1v) is 4.33. The van der Waals surface area contributed by atoms with Crippen molar-refractivity contribution in [1.82, 2.24) is 0 Å². The van der Waals surface area contributed by atoms with Gasteiger partial charge in [-0.15, -0.1) is 0 Å². The van der Waals surface area contributed by atoms with Crippen LogP contribution in [-0.2, 0) is 0 Å². The molecule has 0 fully saturated rings. The molecule has 0 aliphatic carbocycles. The molecule has 0 aliphatic rings. The molecule has 2 N–H and O–H groups in total. The topological polar surface area (TPSA) is 16.6 Å². The summed E-state index contributed by atoms with van der Waals surface area (Å²) in [7, 11) is 0. The van der Waals surface area contributed by atoms with Crippen molar-refractivity contribution in [3.8, 4) is 0 Å². The Hall–Kier alpha value is -1.08. The molecular weight excluding hydrogens is 146 g/mol. The van der Waals surface area contributed by atoms with Gasteiger partial charge in [-0.1, -0.05) is 36.9 Å². The first-order valence-electron chi connectivity index (χ1n) is 4.33. The first kappa shape index (κ1) is 9.01. The molecule has 0 unspecified atom stereocenters. The van der Waals surface area contributed by atoms with E-state index < -0.39 is 0 Å². The van der Waals surface area contributed by atoms with E-state index in [-0.39, 0.29) is 0 Å². The lowest BCUT2D eigenvalue weighted by atomic mass is 10.1. The molecule has 0 heterocycles. The molecule has 12 heavy (non-hydrogen) atoms. The highest BCUT2D eigenvalue weighted by atomic mass is 14.9. The SMILES string of the molecule is C=CC[NH2+][C@H](C)c1ccccc1. The average molecular weight is 162 g/mol. The molecule has 1 heteroatoms. The van der Waals surface area contributed by atoms with Crippen LogP contribution in [0.25, 0.3) is 0 Å². The Bertz CT molecular complexity index is 228. The first-order chi connectivity index (χ1) is 5.84. The molecule has 1 atom stereocenters. The van der Waals surface area contributed by atoms with Crippen LogP contribution >= 0.6 is 0 Å². The lowest BCUT2D eigenvalue weighted by Gasteiger charge is -2.08. The summed E-state index contributed by atoms with van der Waals surface area (Å²) in [6.07, 6.45) is 1.93. The second-order valence-electron chi connectivity index (χ2n) is 2.96. The molecule has 0 saturated heterocycles. The van der Waals surface area contributed by atoms with Crippen LogP contribution in [0.1, 0.15) is 18.5 Å². The van der Waals surface area contributed by atoms with Gasteiger partial charge in [-0.25, -0.2) is 0 Å². The molecule has 0 spiro atoms. The third kappa shape index (κ3) is 2.51. The molecule has 0 radical (unpaired) electrons. The fraction of sp³-hybridized carbons (Fsp3) is 0.273. The molecule has 0 bridgehead atoms. The second-order valence-corrected chi connectivity index (χ2v) is 2.96. The number of hydrogen-bond acceptors (Lipinski definition) is 0. The monoisotopic (exact) mass is 162 g/mol. The minimum absolute atomic E-state index is 0.532. The summed E-state index contributed by atoms with van der Waals surface area (Å²) in [5.74, 6) is 0. The Morgan fingerprint density at radius 1 is 1.42 bits per heavy atom. The van der Waals surface area contributed by atoms with Crippen LogP contribution in [0.5, 0.6) is 0 Å². The molecule has 1 rings (SSSR count). The molecule has 0 aliphatic heterocycles. The molecule has 0 aromatic heterocycles. The fourth-order valence-electron chi connectivity index (χ4n) is 1.19. The summed E-state index contributed by atoms with van der Waals surface area (Å²) in [5.41, 5.74) is 1.37. The smallest absolute Gasteiger partial charge is 0.109 e. The van der Waals surface area contributed by atoms with Crippen molar-refractivity contribution in [1.29, 1.82) is 0 Å². The van der Waals surface area contributed by atoms with Crippen LogP contribution in [0.15, 0.2) is 43.0 Å². The van der Waals surface area contributed by atoms with Gasteiger partial charge in [0.1, 0.15) is 6.04 Å². The number of rotatable bonds is 4. The van der Waals surface area contributed by atoms with Gasteiger partial charge in [-0.3, -0.25) is 0 Å². The van der Waals surface area contributed by atoms with Crippen LogP contribution in [0.2, 0.25) is 0 Å². The Labute approximate surface area is 74.1 Å². The number of quaternary nitrogens is 1. The predicted molar refractivity (Wildman–Crippen MR) is 51.8 cm³/mol. The fourth-order valence-corrected chi connectivity index (χ4v) is 1.19. The van der Waals surface area contributed by atoms with Crippen molar-refractivity contribution < 1.29 is 5.32 Å². The minimum Gasteiger partial charge on any atom is -0.337 e. The van der Waals surface area contributed by atoms with Crippen LogP contribution < -0.4 is 5.32 Å². The van der Waals surface area contributed by atoms with Gasteiger partial charge < -0.3 is 5.32 Å². The lowest BCUT2D eigenvalue weighted by Crippen LogP contribution is -2.84. The van der Waals surface area contributed by atoms with Gasteiger partial charge in [0.15, 0.2) is 0 Å². The standard InChI is InChI=1S/C11H15N/c1-3-9-12-10(2)11-7-5-4-6-8-11/h3-8,10,12H,1,9H2,2H3/p+1/t10-/m1/s1. The van der Waals surface area contributed by atoms with E-state index in [1.807, 2.05) is 12.1 Å². The Kier molecular flexibility index (Phi) is 3.55. The Morgan fingerprint density at radius 2 is 2.08 bits per heavy atom. The van der Waals surface area contributed by atoms with E-state index >= 15 is 0 Å². The van der Waals surface area contributed by atoms with E-state index in [0.717, 1.165) is 6.54 Å². The van der Waals surface area contributed by atoms with Crippen LogP contribution in [0.4, 0.5) is 0 Å². The molecule has 0 amide bonds. The summed E-state index contributed by atoms with van der Waals surface area (Å²) in [6.45, 7) is 6.88. The highest BCUT2D eigenvalue weighted by molar-refractivity contribution is 5.16. The van der Waals surface area contributed by atoms with Gasteiger partial charge in [0.2, 0.25) is 0 Å². The van der Waals surface area contributed by atoms with E-state index in [1.54, 1.807) is 0 Å². The normalized spacial score (nSPS) is 12.4. The highest BCUT2D eigenvalue weighted by Crippen LogP contribution is 2.05. The maximum atomic E-state index is 3.70. The average Bonchev–Trinajstić information content (AvgIpc) is 2.15. The lowest BCUT2D eigenvalue weighted by molar-refractivity contribution is -0.684. The van der Waals surface area contributed by atoms with Gasteiger partial charge in [-0.2, -0.15) is 0 Å². The summed E-state index contributed by atoms with van der Waals surface area (Å²) in [4.78, 5) is 0.